The number of hydrogen-bond donors (Lipinski definition) is 2. The van der Waals surface area contributed by atoms with Gasteiger partial charge in [0.15, 0.2) is 0 Å². The van der Waals surface area contributed by atoms with Crippen LogP contribution >= 0.6 is 11.6 Å². The topological polar surface area (TPSA) is 93.6 Å². The number of morpholine rings is 1. The number of nitrogen functional groups attached to an aromatic ring is 1. The molecule has 2 aromatic carbocycles. The predicted molar refractivity (Wildman–Crippen MR) is 112 cm³/mol. The molecule has 7 nitrogen and oxygen atoms in total. The highest BCUT2D eigenvalue weighted by Crippen LogP contribution is 2.37. The number of hydrogen-bond acceptors (Lipinski definition) is 5. The molecule has 3 N–H and O–H groups in total. The third-order valence-electron chi connectivity index (χ3n) is 5.14. The molecule has 1 aliphatic heterocycles. The lowest BCUT2D eigenvalue weighted by Gasteiger charge is -2.34. The molecule has 0 aliphatic carbocycles. The van der Waals surface area contributed by atoms with Gasteiger partial charge in [0, 0.05) is 53.7 Å². The van der Waals surface area contributed by atoms with Crippen molar-refractivity contribution in [3.05, 3.63) is 64.7 Å². The number of aromatic nitrogens is 2. The predicted octanol–water partition coefficient (Wildman–Crippen LogP) is 3.74. The van der Waals surface area contributed by atoms with Gasteiger partial charge in [-0.1, -0.05) is 11.6 Å². The summed E-state index contributed by atoms with van der Waals surface area (Å²) in [7, 11) is 1.83. The molecule has 156 valence electrons. The van der Waals surface area contributed by atoms with Crippen LogP contribution in [0.4, 0.5) is 15.8 Å². The van der Waals surface area contributed by atoms with Gasteiger partial charge in [-0.15, -0.1) is 0 Å². The second-order valence-corrected chi connectivity index (χ2v) is 7.57. The van der Waals surface area contributed by atoms with Crippen molar-refractivity contribution in [2.45, 2.75) is 6.10 Å². The summed E-state index contributed by atoms with van der Waals surface area (Å²) in [6.07, 6.45) is 3.41. The van der Waals surface area contributed by atoms with E-state index in [9.17, 15) is 14.3 Å². The fourth-order valence-corrected chi connectivity index (χ4v) is 3.78. The van der Waals surface area contributed by atoms with Crippen LogP contribution in [0.1, 0.15) is 22.0 Å². The van der Waals surface area contributed by atoms with Crippen molar-refractivity contribution in [1.82, 2.24) is 9.78 Å². The molecule has 1 aliphatic rings. The molecule has 0 bridgehead atoms. The van der Waals surface area contributed by atoms with E-state index >= 15 is 0 Å². The minimum atomic E-state index is -1.18. The van der Waals surface area contributed by atoms with Gasteiger partial charge in [-0.25, -0.2) is 9.18 Å². The third kappa shape index (κ3) is 3.83. The number of benzene rings is 2. The van der Waals surface area contributed by atoms with E-state index in [1.165, 1.54) is 18.2 Å². The Morgan fingerprint density at radius 3 is 2.80 bits per heavy atom. The van der Waals surface area contributed by atoms with Crippen LogP contribution in [0.3, 0.4) is 0 Å². The Morgan fingerprint density at radius 1 is 1.33 bits per heavy atom. The molecule has 0 saturated carbocycles. The highest BCUT2D eigenvalue weighted by atomic mass is 35.5. The van der Waals surface area contributed by atoms with Crippen molar-refractivity contribution in [3.63, 3.8) is 0 Å². The highest BCUT2D eigenvalue weighted by molar-refractivity contribution is 6.30. The normalized spacial score (nSPS) is 16.6. The van der Waals surface area contributed by atoms with Crippen LogP contribution in [0.25, 0.3) is 11.1 Å². The molecule has 1 saturated heterocycles. The second-order valence-electron chi connectivity index (χ2n) is 7.14. The summed E-state index contributed by atoms with van der Waals surface area (Å²) in [6, 6.07) is 7.44. The van der Waals surface area contributed by atoms with Crippen molar-refractivity contribution >= 4 is 28.9 Å². The average molecular weight is 431 g/mol. The lowest BCUT2D eigenvalue weighted by molar-refractivity contribution is 0.0397. The summed E-state index contributed by atoms with van der Waals surface area (Å²) in [4.78, 5) is 13.8. The summed E-state index contributed by atoms with van der Waals surface area (Å²) in [5, 5.41) is 14.1. The van der Waals surface area contributed by atoms with Crippen molar-refractivity contribution in [1.29, 1.82) is 0 Å². The van der Waals surface area contributed by atoms with Gasteiger partial charge < -0.3 is 20.5 Å². The Labute approximate surface area is 177 Å². The van der Waals surface area contributed by atoms with Crippen LogP contribution in [-0.2, 0) is 11.8 Å². The van der Waals surface area contributed by atoms with E-state index in [1.807, 2.05) is 18.1 Å². The van der Waals surface area contributed by atoms with E-state index in [1.54, 1.807) is 23.0 Å². The first-order valence-corrected chi connectivity index (χ1v) is 9.68. The number of anilines is 2. The summed E-state index contributed by atoms with van der Waals surface area (Å²) < 4.78 is 22.1. The van der Waals surface area contributed by atoms with Crippen molar-refractivity contribution < 1.29 is 19.0 Å². The van der Waals surface area contributed by atoms with E-state index in [0.717, 1.165) is 5.56 Å². The van der Waals surface area contributed by atoms with Crippen LogP contribution < -0.4 is 10.6 Å². The molecule has 9 heteroatoms. The van der Waals surface area contributed by atoms with Crippen molar-refractivity contribution in [2.24, 2.45) is 7.05 Å². The molecular formula is C21H20ClFN4O3. The molecule has 4 rings (SSSR count). The molecule has 0 radical (unpaired) electrons. The zero-order valence-electron chi connectivity index (χ0n) is 16.2. The van der Waals surface area contributed by atoms with E-state index < -0.39 is 11.8 Å². The number of carboxylic acid groups (broad SMARTS) is 1. The molecule has 1 atom stereocenters. The van der Waals surface area contributed by atoms with Crippen LogP contribution in [0.15, 0.2) is 42.7 Å². The third-order valence-corrected chi connectivity index (χ3v) is 5.38. The number of halogens is 2. The van der Waals surface area contributed by atoms with Gasteiger partial charge in [-0.3, -0.25) is 4.68 Å². The molecule has 30 heavy (non-hydrogen) atoms. The van der Waals surface area contributed by atoms with E-state index in [2.05, 4.69) is 5.10 Å². The highest BCUT2D eigenvalue weighted by Gasteiger charge is 2.26. The first-order valence-electron chi connectivity index (χ1n) is 9.31. The number of aryl methyl sites for hydroxylation is 1. The van der Waals surface area contributed by atoms with E-state index in [4.69, 9.17) is 22.1 Å². The number of nitrogens with zero attached hydrogens (tertiary/aromatic N) is 3. The molecule has 3 aromatic rings. The number of carboxylic acids is 1. The molecule has 1 fully saturated rings. The van der Waals surface area contributed by atoms with Crippen LogP contribution in [0.2, 0.25) is 5.02 Å². The average Bonchev–Trinajstić information content (AvgIpc) is 3.15. The SMILES string of the molecule is Cn1cc(C2CN(c3cc(C(=O)O)c(N)c(-c4ccc(Cl)cc4F)c3)CCO2)cn1. The Bertz CT molecular complexity index is 1120. The zero-order valence-corrected chi connectivity index (χ0v) is 16.9. The quantitative estimate of drug-likeness (QED) is 0.612. The van der Waals surface area contributed by atoms with Crippen LogP contribution in [0.5, 0.6) is 0 Å². The van der Waals surface area contributed by atoms with Gasteiger partial charge in [0.1, 0.15) is 11.9 Å². The molecule has 1 aromatic heterocycles. The van der Waals surface area contributed by atoms with Crippen molar-refractivity contribution in [2.75, 3.05) is 30.3 Å². The summed E-state index contributed by atoms with van der Waals surface area (Å²) in [6.45, 7) is 1.51. The summed E-state index contributed by atoms with van der Waals surface area (Å²) in [5.74, 6) is -1.75. The number of nitrogens with two attached hydrogens (primary N) is 1. The maximum Gasteiger partial charge on any atom is 0.337 e. The summed E-state index contributed by atoms with van der Waals surface area (Å²) in [5.41, 5.74) is 8.09. The first kappa shape index (κ1) is 20.2. The van der Waals surface area contributed by atoms with E-state index in [-0.39, 0.29) is 27.9 Å². The second kappa shape index (κ2) is 7.97. The fourth-order valence-electron chi connectivity index (χ4n) is 3.62. The number of ether oxygens (including phenoxy) is 1. The molecular weight excluding hydrogens is 411 g/mol. The monoisotopic (exact) mass is 430 g/mol. The van der Waals surface area contributed by atoms with Crippen molar-refractivity contribution in [3.8, 4) is 11.1 Å². The Hall–Kier alpha value is -3.10. The fraction of sp³-hybridized carbons (Fsp3) is 0.238. The van der Waals surface area contributed by atoms with Gasteiger partial charge in [0.2, 0.25) is 0 Å². The zero-order chi connectivity index (χ0) is 21.4. The molecule has 1 unspecified atom stereocenters. The molecule has 0 spiro atoms. The summed E-state index contributed by atoms with van der Waals surface area (Å²) >= 11 is 5.86. The largest absolute Gasteiger partial charge is 0.478 e. The first-order chi connectivity index (χ1) is 14.3. The molecule has 0 amide bonds. The Morgan fingerprint density at radius 2 is 2.13 bits per heavy atom. The number of rotatable bonds is 4. The van der Waals surface area contributed by atoms with Crippen LogP contribution in [-0.4, -0.2) is 40.6 Å². The lowest BCUT2D eigenvalue weighted by atomic mass is 9.98. The molecule has 2 heterocycles. The minimum Gasteiger partial charge on any atom is -0.478 e. The van der Waals surface area contributed by atoms with Crippen LogP contribution in [0, 0.1) is 5.82 Å². The van der Waals surface area contributed by atoms with Gasteiger partial charge in [-0.2, -0.15) is 5.10 Å². The van der Waals surface area contributed by atoms with Gasteiger partial charge in [0.25, 0.3) is 0 Å². The lowest BCUT2D eigenvalue weighted by Crippen LogP contribution is -2.38. The maximum atomic E-state index is 14.6. The number of aromatic carboxylic acids is 1. The van der Waals surface area contributed by atoms with Gasteiger partial charge >= 0.3 is 5.97 Å². The Kier molecular flexibility index (Phi) is 5.36. The minimum absolute atomic E-state index is 0.00420. The smallest absolute Gasteiger partial charge is 0.337 e. The van der Waals surface area contributed by atoms with Gasteiger partial charge in [-0.05, 0) is 30.3 Å². The standard InChI is InChI=1S/C21H20ClFN4O3/c1-26-10-12(9-25-26)19-11-27(4-5-30-19)14-7-16(20(24)17(8-14)21(28)29)15-3-2-13(22)6-18(15)23/h2-3,6-10,19H,4-5,11,24H2,1H3,(H,28,29). The van der Waals surface area contributed by atoms with E-state index in [0.29, 0.717) is 30.9 Å². The maximum absolute atomic E-state index is 14.6. The van der Waals surface area contributed by atoms with Gasteiger partial charge in [0.05, 0.1) is 24.1 Å². The number of carbonyl (C=O) groups is 1. The Balaban J connectivity index is 1.76.